The Kier molecular flexibility index (Phi) is 5.52. The number of H-pyrrole nitrogens is 1. The van der Waals surface area contributed by atoms with Crippen LogP contribution in [0, 0.1) is 0 Å². The Morgan fingerprint density at radius 1 is 1.00 bits per heavy atom. The van der Waals surface area contributed by atoms with Crippen LogP contribution in [-0.4, -0.2) is 29.4 Å². The van der Waals surface area contributed by atoms with Crippen LogP contribution in [0.15, 0.2) is 66.9 Å². The molecule has 148 valence electrons. The molecule has 0 fully saturated rings. The molecule has 0 bridgehead atoms. The lowest BCUT2D eigenvalue weighted by atomic mass is 10.0. The highest BCUT2D eigenvalue weighted by Crippen LogP contribution is 2.30. The van der Waals surface area contributed by atoms with Gasteiger partial charge in [-0.25, -0.2) is 0 Å². The maximum Gasteiger partial charge on any atom is 0.227 e. The van der Waals surface area contributed by atoms with Crippen LogP contribution in [0.5, 0.6) is 5.75 Å². The fraction of sp³-hybridized carbons (Fsp3) is 0.240. The zero-order valence-corrected chi connectivity index (χ0v) is 16.9. The van der Waals surface area contributed by atoms with Gasteiger partial charge in [-0.05, 0) is 34.9 Å². The van der Waals surface area contributed by atoms with E-state index >= 15 is 0 Å². The van der Waals surface area contributed by atoms with Gasteiger partial charge in [-0.15, -0.1) is 0 Å². The molecule has 4 nitrogen and oxygen atoms in total. The molecule has 4 heteroatoms. The summed E-state index contributed by atoms with van der Waals surface area (Å²) in [5.74, 6) is 0.946. The average Bonchev–Trinajstić information content (AvgIpc) is 3.16. The molecule has 1 N–H and O–H groups in total. The van der Waals surface area contributed by atoms with Crippen LogP contribution in [-0.2, 0) is 17.8 Å². The Morgan fingerprint density at radius 3 is 2.59 bits per heavy atom. The van der Waals surface area contributed by atoms with Gasteiger partial charge in [0, 0.05) is 36.3 Å². The Hall–Kier alpha value is -3.27. The zero-order valence-electron chi connectivity index (χ0n) is 16.9. The van der Waals surface area contributed by atoms with Gasteiger partial charge < -0.3 is 14.6 Å². The first-order chi connectivity index (χ1) is 14.2. The highest BCUT2D eigenvalue weighted by atomic mass is 16.5. The molecule has 0 unspecified atom stereocenters. The largest absolute Gasteiger partial charge is 0.493 e. The molecule has 1 heterocycles. The first kappa shape index (κ1) is 19.1. The number of nitrogens with zero attached hydrogens (tertiary/aromatic N) is 1. The van der Waals surface area contributed by atoms with Crippen molar-refractivity contribution in [3.8, 4) is 5.75 Å². The second-order valence-electron chi connectivity index (χ2n) is 7.40. The summed E-state index contributed by atoms with van der Waals surface area (Å²) in [4.78, 5) is 18.0. The second-order valence-corrected chi connectivity index (χ2v) is 7.40. The van der Waals surface area contributed by atoms with Crippen molar-refractivity contribution in [1.82, 2.24) is 9.88 Å². The Labute approximate surface area is 171 Å². The first-order valence-corrected chi connectivity index (χ1v) is 10.1. The molecule has 0 radical (unpaired) electrons. The third-order valence-electron chi connectivity index (χ3n) is 5.30. The number of para-hydroxylation sites is 1. The molecule has 4 aromatic rings. The van der Waals surface area contributed by atoms with Crippen molar-refractivity contribution in [2.45, 2.75) is 26.3 Å². The molecule has 3 aromatic carbocycles. The lowest BCUT2D eigenvalue weighted by Crippen LogP contribution is -2.28. The summed E-state index contributed by atoms with van der Waals surface area (Å²) in [6.07, 6.45) is 3.25. The summed E-state index contributed by atoms with van der Waals surface area (Å²) in [6, 6.07) is 20.4. The van der Waals surface area contributed by atoms with Crippen LogP contribution < -0.4 is 4.74 Å². The van der Waals surface area contributed by atoms with Gasteiger partial charge >= 0.3 is 0 Å². The predicted molar refractivity (Wildman–Crippen MR) is 118 cm³/mol. The lowest BCUT2D eigenvalue weighted by molar-refractivity contribution is -0.129. The SMILES string of the molecule is CCCOc1ccc2ccccc2c1CN(C)C(=O)Cc1c[nH]c2ccccc12. The van der Waals surface area contributed by atoms with E-state index in [0.717, 1.165) is 45.0 Å². The first-order valence-electron chi connectivity index (χ1n) is 10.1. The maximum absolute atomic E-state index is 13.0. The Balaban J connectivity index is 1.59. The fourth-order valence-electron chi connectivity index (χ4n) is 3.73. The molecule has 4 rings (SSSR count). The van der Waals surface area contributed by atoms with Gasteiger partial charge in [0.15, 0.2) is 0 Å². The van der Waals surface area contributed by atoms with E-state index in [1.54, 1.807) is 4.90 Å². The van der Waals surface area contributed by atoms with Crippen LogP contribution in [0.25, 0.3) is 21.7 Å². The van der Waals surface area contributed by atoms with E-state index in [0.29, 0.717) is 19.6 Å². The van der Waals surface area contributed by atoms with Crippen molar-refractivity contribution in [3.63, 3.8) is 0 Å². The third-order valence-corrected chi connectivity index (χ3v) is 5.30. The molecule has 0 aliphatic rings. The summed E-state index contributed by atoms with van der Waals surface area (Å²) in [7, 11) is 1.86. The molecule has 0 aliphatic carbocycles. The number of rotatable bonds is 7. The number of amides is 1. The van der Waals surface area contributed by atoms with Crippen molar-refractivity contribution >= 4 is 27.6 Å². The van der Waals surface area contributed by atoms with Gasteiger partial charge in [-0.3, -0.25) is 4.79 Å². The number of carbonyl (C=O) groups is 1. The second kappa shape index (κ2) is 8.39. The highest BCUT2D eigenvalue weighted by molar-refractivity contribution is 5.90. The number of benzene rings is 3. The predicted octanol–water partition coefficient (Wildman–Crippen LogP) is 5.31. The minimum atomic E-state index is 0.0872. The number of aromatic nitrogens is 1. The van der Waals surface area contributed by atoms with Crippen molar-refractivity contribution in [2.75, 3.05) is 13.7 Å². The van der Waals surface area contributed by atoms with Gasteiger partial charge in [0.05, 0.1) is 13.0 Å². The number of hydrogen-bond donors (Lipinski definition) is 1. The van der Waals surface area contributed by atoms with E-state index in [2.05, 4.69) is 36.2 Å². The number of hydrogen-bond acceptors (Lipinski definition) is 2. The molecule has 29 heavy (non-hydrogen) atoms. The summed E-state index contributed by atoms with van der Waals surface area (Å²) in [5.41, 5.74) is 3.14. The topological polar surface area (TPSA) is 45.3 Å². The number of carbonyl (C=O) groups excluding carboxylic acids is 1. The number of ether oxygens (including phenoxy) is 1. The van der Waals surface area contributed by atoms with Crippen LogP contribution in [0.3, 0.4) is 0 Å². The van der Waals surface area contributed by atoms with Crippen molar-refractivity contribution in [2.24, 2.45) is 0 Å². The van der Waals surface area contributed by atoms with E-state index in [1.165, 1.54) is 0 Å². The highest BCUT2D eigenvalue weighted by Gasteiger charge is 2.17. The number of aromatic amines is 1. The smallest absolute Gasteiger partial charge is 0.227 e. The number of fused-ring (bicyclic) bond motifs is 2. The van der Waals surface area contributed by atoms with Gasteiger partial charge in [0.1, 0.15) is 5.75 Å². The molecular formula is C25H26N2O2. The molecule has 1 aromatic heterocycles. The normalized spacial score (nSPS) is 11.1. The number of likely N-dealkylation sites (N-methyl/N-ethyl adjacent to an activating group) is 1. The maximum atomic E-state index is 13.0. The standard InChI is InChI=1S/C25H26N2O2/c1-3-14-29-24-13-12-18-8-4-5-9-20(18)22(24)17-27(2)25(28)15-19-16-26-23-11-7-6-10-21(19)23/h4-13,16,26H,3,14-15,17H2,1-2H3. The van der Waals surface area contributed by atoms with E-state index in [-0.39, 0.29) is 5.91 Å². The summed E-state index contributed by atoms with van der Waals surface area (Å²) in [5, 5.41) is 3.39. The summed E-state index contributed by atoms with van der Waals surface area (Å²) in [6.45, 7) is 3.28. The zero-order chi connectivity index (χ0) is 20.2. The monoisotopic (exact) mass is 386 g/mol. The minimum absolute atomic E-state index is 0.0872. The van der Waals surface area contributed by atoms with Crippen LogP contribution >= 0.6 is 0 Å². The van der Waals surface area contributed by atoms with E-state index in [9.17, 15) is 4.79 Å². The molecule has 0 aliphatic heterocycles. The molecular weight excluding hydrogens is 360 g/mol. The van der Waals surface area contributed by atoms with Crippen LogP contribution in [0.2, 0.25) is 0 Å². The lowest BCUT2D eigenvalue weighted by Gasteiger charge is -2.21. The van der Waals surface area contributed by atoms with Crippen molar-refractivity contribution in [1.29, 1.82) is 0 Å². The summed E-state index contributed by atoms with van der Waals surface area (Å²) >= 11 is 0. The van der Waals surface area contributed by atoms with Crippen molar-refractivity contribution < 1.29 is 9.53 Å². The fourth-order valence-corrected chi connectivity index (χ4v) is 3.73. The van der Waals surface area contributed by atoms with Crippen LogP contribution in [0.1, 0.15) is 24.5 Å². The molecule has 0 saturated carbocycles. The molecule has 0 saturated heterocycles. The Morgan fingerprint density at radius 2 is 1.76 bits per heavy atom. The van der Waals surface area contributed by atoms with E-state index < -0.39 is 0 Å². The van der Waals surface area contributed by atoms with Gasteiger partial charge in [-0.1, -0.05) is 55.5 Å². The Bertz CT molecular complexity index is 1150. The van der Waals surface area contributed by atoms with Gasteiger partial charge in [-0.2, -0.15) is 0 Å². The molecule has 0 spiro atoms. The van der Waals surface area contributed by atoms with E-state index in [1.807, 2.05) is 49.6 Å². The summed E-state index contributed by atoms with van der Waals surface area (Å²) < 4.78 is 6.00. The van der Waals surface area contributed by atoms with Crippen molar-refractivity contribution in [3.05, 3.63) is 78.0 Å². The average molecular weight is 386 g/mol. The van der Waals surface area contributed by atoms with Gasteiger partial charge in [0.2, 0.25) is 5.91 Å². The van der Waals surface area contributed by atoms with Crippen LogP contribution in [0.4, 0.5) is 0 Å². The number of nitrogens with one attached hydrogen (secondary N) is 1. The van der Waals surface area contributed by atoms with Gasteiger partial charge in [0.25, 0.3) is 0 Å². The molecule has 1 amide bonds. The quantitative estimate of drug-likeness (QED) is 0.468. The molecule has 0 atom stereocenters. The van der Waals surface area contributed by atoms with E-state index in [4.69, 9.17) is 4.74 Å². The minimum Gasteiger partial charge on any atom is -0.493 e. The third kappa shape index (κ3) is 3.97.